The number of carboxylic acids is 1. The lowest BCUT2D eigenvalue weighted by Crippen LogP contribution is -2.37. The summed E-state index contributed by atoms with van der Waals surface area (Å²) in [5, 5.41) is 8.71. The van der Waals surface area contributed by atoms with Gasteiger partial charge >= 0.3 is 12.1 Å². The van der Waals surface area contributed by atoms with Crippen LogP contribution >= 0.6 is 27.7 Å². The van der Waals surface area contributed by atoms with Crippen LogP contribution in [-0.2, 0) is 15.7 Å². The number of hydrogen-bond donors (Lipinski definition) is 1. The summed E-state index contributed by atoms with van der Waals surface area (Å²) in [5.74, 6) is -1.31. The van der Waals surface area contributed by atoms with Crippen molar-refractivity contribution in [3.05, 3.63) is 16.1 Å². The van der Waals surface area contributed by atoms with Gasteiger partial charge in [0.15, 0.2) is 0 Å². The summed E-state index contributed by atoms with van der Waals surface area (Å²) in [6, 6.07) is 0.972. The zero-order chi connectivity index (χ0) is 16.3. The Bertz CT molecular complexity index is 565. The maximum Gasteiger partial charge on any atom is 0.417 e. The predicted molar refractivity (Wildman–Crippen MR) is 78.3 cm³/mol. The first-order valence-electron chi connectivity index (χ1n) is 6.24. The van der Waals surface area contributed by atoms with Gasteiger partial charge in [0.2, 0.25) is 0 Å². The Morgan fingerprint density at radius 3 is 2.64 bits per heavy atom. The second kappa shape index (κ2) is 7.05. The Kier molecular flexibility index (Phi) is 5.56. The van der Waals surface area contributed by atoms with Crippen LogP contribution in [0, 0.1) is 0 Å². The van der Waals surface area contributed by atoms with Gasteiger partial charge in [0.25, 0.3) is 0 Å². The Hall–Kier alpha value is -1.00. The first-order chi connectivity index (χ1) is 10.3. The zero-order valence-electron chi connectivity index (χ0n) is 11.2. The van der Waals surface area contributed by atoms with E-state index in [0.717, 1.165) is 17.8 Å². The third-order valence-electron chi connectivity index (χ3n) is 2.89. The number of halogens is 4. The van der Waals surface area contributed by atoms with E-state index in [2.05, 4.69) is 20.9 Å². The first kappa shape index (κ1) is 17.4. The van der Waals surface area contributed by atoms with Crippen molar-refractivity contribution in [2.75, 3.05) is 37.0 Å². The largest absolute Gasteiger partial charge is 0.481 e. The van der Waals surface area contributed by atoms with Gasteiger partial charge in [-0.2, -0.15) is 13.2 Å². The normalized spacial score (nSPS) is 15.9. The number of nitrogens with zero attached hydrogens (tertiary/aromatic N) is 2. The van der Waals surface area contributed by atoms with Crippen molar-refractivity contribution in [2.24, 2.45) is 0 Å². The summed E-state index contributed by atoms with van der Waals surface area (Å²) < 4.78 is 44.4. The van der Waals surface area contributed by atoms with Crippen LogP contribution < -0.4 is 4.90 Å². The number of morpholine rings is 1. The highest BCUT2D eigenvalue weighted by Gasteiger charge is 2.35. The van der Waals surface area contributed by atoms with Crippen molar-refractivity contribution in [2.45, 2.75) is 11.2 Å². The predicted octanol–water partition coefficient (Wildman–Crippen LogP) is 2.88. The molecule has 2 heterocycles. The van der Waals surface area contributed by atoms with E-state index < -0.39 is 17.7 Å². The van der Waals surface area contributed by atoms with Crippen molar-refractivity contribution < 1.29 is 27.8 Å². The monoisotopic (exact) mass is 400 g/mol. The first-order valence-corrected chi connectivity index (χ1v) is 8.02. The van der Waals surface area contributed by atoms with Gasteiger partial charge in [0, 0.05) is 13.1 Å². The lowest BCUT2D eigenvalue weighted by Gasteiger charge is -2.29. The van der Waals surface area contributed by atoms with E-state index in [4.69, 9.17) is 9.84 Å². The number of carboxylic acid groups (broad SMARTS) is 1. The summed E-state index contributed by atoms with van der Waals surface area (Å²) in [4.78, 5) is 16.5. The number of thioether (sulfide) groups is 1. The van der Waals surface area contributed by atoms with Crippen LogP contribution in [0.4, 0.5) is 19.0 Å². The highest BCUT2D eigenvalue weighted by atomic mass is 79.9. The van der Waals surface area contributed by atoms with Crippen LogP contribution in [0.3, 0.4) is 0 Å². The highest BCUT2D eigenvalue weighted by molar-refractivity contribution is 9.10. The summed E-state index contributed by atoms with van der Waals surface area (Å²) in [6.07, 6.45) is -4.55. The molecule has 0 saturated carbocycles. The Balaban J connectivity index is 2.40. The second-order valence-corrected chi connectivity index (χ2v) is 6.18. The maximum absolute atomic E-state index is 13.1. The molecule has 2 rings (SSSR count). The van der Waals surface area contributed by atoms with Crippen LogP contribution in [-0.4, -0.2) is 48.1 Å². The molecule has 0 aromatic carbocycles. The van der Waals surface area contributed by atoms with Gasteiger partial charge in [0.05, 0.1) is 29.0 Å². The molecule has 1 aliphatic rings. The van der Waals surface area contributed by atoms with E-state index in [1.807, 2.05) is 0 Å². The Morgan fingerprint density at radius 1 is 1.45 bits per heavy atom. The molecular formula is C12H12BrF3N2O3S. The highest BCUT2D eigenvalue weighted by Crippen LogP contribution is 2.41. The number of ether oxygens (including phenoxy) is 1. The fraction of sp³-hybridized carbons (Fsp3) is 0.500. The van der Waals surface area contributed by atoms with Crippen LogP contribution in [0.2, 0.25) is 0 Å². The number of carbonyl (C=O) groups is 1. The fourth-order valence-corrected chi connectivity index (χ4v) is 3.31. The fourth-order valence-electron chi connectivity index (χ4n) is 1.88. The van der Waals surface area contributed by atoms with Gasteiger partial charge in [-0.3, -0.25) is 4.79 Å². The molecule has 5 nitrogen and oxygen atoms in total. The molecule has 0 unspecified atom stereocenters. The molecule has 1 saturated heterocycles. The number of rotatable bonds is 4. The topological polar surface area (TPSA) is 62.7 Å². The van der Waals surface area contributed by atoms with E-state index in [-0.39, 0.29) is 21.1 Å². The molecule has 0 spiro atoms. The zero-order valence-corrected chi connectivity index (χ0v) is 13.6. The van der Waals surface area contributed by atoms with E-state index in [1.165, 1.54) is 0 Å². The Labute approximate surface area is 137 Å². The van der Waals surface area contributed by atoms with Gasteiger partial charge < -0.3 is 14.7 Å². The summed E-state index contributed by atoms with van der Waals surface area (Å²) in [6.45, 7) is 1.71. The van der Waals surface area contributed by atoms with Crippen LogP contribution in [0.1, 0.15) is 5.56 Å². The Morgan fingerprint density at radius 2 is 2.09 bits per heavy atom. The SMILES string of the molecule is O=C(O)CSc1nc(N2CCOCC2)cc(C(F)(F)F)c1Br. The quantitative estimate of drug-likeness (QED) is 0.784. The molecule has 1 aliphatic heterocycles. The lowest BCUT2D eigenvalue weighted by atomic mass is 10.2. The van der Waals surface area contributed by atoms with Crippen molar-refractivity contribution in [3.8, 4) is 0 Å². The molecule has 1 fully saturated rings. The van der Waals surface area contributed by atoms with Crippen LogP contribution in [0.15, 0.2) is 15.6 Å². The molecule has 0 aliphatic carbocycles. The molecule has 0 bridgehead atoms. The smallest absolute Gasteiger partial charge is 0.417 e. The molecule has 1 N–H and O–H groups in total. The summed E-state index contributed by atoms with van der Waals surface area (Å²) >= 11 is 3.63. The van der Waals surface area contributed by atoms with E-state index >= 15 is 0 Å². The number of aromatic nitrogens is 1. The van der Waals surface area contributed by atoms with E-state index in [1.54, 1.807) is 4.90 Å². The van der Waals surface area contributed by atoms with Gasteiger partial charge in [-0.1, -0.05) is 11.8 Å². The minimum Gasteiger partial charge on any atom is -0.481 e. The van der Waals surface area contributed by atoms with Crippen molar-refractivity contribution in [1.82, 2.24) is 4.98 Å². The van der Waals surface area contributed by atoms with E-state index in [9.17, 15) is 18.0 Å². The third kappa shape index (κ3) is 4.26. The summed E-state index contributed by atoms with van der Waals surface area (Å²) in [5.41, 5.74) is -0.864. The number of alkyl halides is 3. The van der Waals surface area contributed by atoms with Gasteiger partial charge in [0.1, 0.15) is 10.8 Å². The van der Waals surface area contributed by atoms with Crippen LogP contribution in [0.25, 0.3) is 0 Å². The van der Waals surface area contributed by atoms with Crippen molar-refractivity contribution in [3.63, 3.8) is 0 Å². The molecule has 1 aromatic heterocycles. The second-order valence-electron chi connectivity index (χ2n) is 4.43. The molecule has 1 aromatic rings. The van der Waals surface area contributed by atoms with Gasteiger partial charge in [-0.05, 0) is 22.0 Å². The van der Waals surface area contributed by atoms with E-state index in [0.29, 0.717) is 26.3 Å². The summed E-state index contributed by atoms with van der Waals surface area (Å²) in [7, 11) is 0. The maximum atomic E-state index is 13.1. The molecule has 122 valence electrons. The average Bonchev–Trinajstić information content (AvgIpc) is 2.45. The third-order valence-corrected chi connectivity index (χ3v) is 4.91. The van der Waals surface area contributed by atoms with Crippen LogP contribution in [0.5, 0.6) is 0 Å². The van der Waals surface area contributed by atoms with Gasteiger partial charge in [-0.25, -0.2) is 4.98 Å². The minimum atomic E-state index is -4.55. The number of hydrogen-bond acceptors (Lipinski definition) is 5. The van der Waals surface area contributed by atoms with Gasteiger partial charge in [-0.15, -0.1) is 0 Å². The number of anilines is 1. The molecule has 0 radical (unpaired) electrons. The van der Waals surface area contributed by atoms with Crippen molar-refractivity contribution in [1.29, 1.82) is 0 Å². The lowest BCUT2D eigenvalue weighted by molar-refractivity contribution is -0.138. The molecule has 10 heteroatoms. The molecular weight excluding hydrogens is 389 g/mol. The number of pyridine rings is 1. The standard InChI is InChI=1S/C12H12BrF3N2O3S/c13-10-7(12(14,15)16)5-8(18-1-3-21-4-2-18)17-11(10)22-6-9(19)20/h5H,1-4,6H2,(H,19,20). The van der Waals surface area contributed by atoms with Crippen molar-refractivity contribution >= 4 is 39.5 Å². The molecule has 0 atom stereocenters. The minimum absolute atomic E-state index is 0.0127. The molecule has 22 heavy (non-hydrogen) atoms. The average molecular weight is 401 g/mol. The number of aliphatic carboxylic acids is 1. The molecule has 0 amide bonds.